The maximum Gasteiger partial charge on any atom is 0.243 e. The fourth-order valence-corrected chi connectivity index (χ4v) is 2.79. The van der Waals surface area contributed by atoms with Crippen molar-refractivity contribution in [3.63, 3.8) is 0 Å². The van der Waals surface area contributed by atoms with Crippen LogP contribution in [0.3, 0.4) is 0 Å². The third kappa shape index (κ3) is 5.01. The van der Waals surface area contributed by atoms with E-state index in [9.17, 15) is 9.59 Å². The Labute approximate surface area is 154 Å². The van der Waals surface area contributed by atoms with Crippen molar-refractivity contribution in [3.8, 4) is 0 Å². The summed E-state index contributed by atoms with van der Waals surface area (Å²) in [5.74, 6) is 0.969. The van der Waals surface area contributed by atoms with E-state index >= 15 is 0 Å². The van der Waals surface area contributed by atoms with Crippen molar-refractivity contribution in [2.45, 2.75) is 46.2 Å². The van der Waals surface area contributed by atoms with Gasteiger partial charge in [0.1, 0.15) is 0 Å². The van der Waals surface area contributed by atoms with Gasteiger partial charge in [-0.1, -0.05) is 25.9 Å². The maximum atomic E-state index is 12.3. The van der Waals surface area contributed by atoms with Crippen molar-refractivity contribution in [1.82, 2.24) is 25.3 Å². The molecule has 1 unspecified atom stereocenters. The second-order valence-electron chi connectivity index (χ2n) is 6.98. The molecule has 2 heterocycles. The van der Waals surface area contributed by atoms with Gasteiger partial charge in [0.2, 0.25) is 17.7 Å². The maximum absolute atomic E-state index is 12.3. The van der Waals surface area contributed by atoms with Gasteiger partial charge in [-0.2, -0.15) is 4.98 Å². The highest BCUT2D eigenvalue weighted by atomic mass is 16.5. The van der Waals surface area contributed by atoms with Crippen LogP contribution in [-0.2, 0) is 16.0 Å². The molecule has 1 aromatic rings. The number of nitrogens with zero attached hydrogens (tertiary/aromatic N) is 4. The van der Waals surface area contributed by atoms with E-state index in [1.807, 2.05) is 27.7 Å². The molecule has 1 aliphatic rings. The molecule has 0 aliphatic carbocycles. The van der Waals surface area contributed by atoms with Crippen LogP contribution in [0.1, 0.15) is 45.5 Å². The van der Waals surface area contributed by atoms with Crippen LogP contribution in [0.2, 0.25) is 0 Å². The van der Waals surface area contributed by atoms with Crippen LogP contribution in [0.15, 0.2) is 4.52 Å². The zero-order valence-corrected chi connectivity index (χ0v) is 16.1. The minimum atomic E-state index is -0.595. The molecule has 9 heteroatoms. The molecule has 2 rings (SSSR count). The van der Waals surface area contributed by atoms with Gasteiger partial charge in [-0.05, 0) is 12.8 Å². The number of carbonyl (C=O) groups is 2. The SMILES string of the molecule is CCc1noc(C(C)N2CCN(C(=O)CNC(=O)[C@@H](N)C(C)C)CC2)n1. The molecule has 2 atom stereocenters. The molecule has 0 bridgehead atoms. The molecule has 26 heavy (non-hydrogen) atoms. The van der Waals surface area contributed by atoms with Gasteiger partial charge in [0, 0.05) is 32.6 Å². The Morgan fingerprint density at radius 1 is 1.23 bits per heavy atom. The third-order valence-corrected chi connectivity index (χ3v) is 4.81. The third-order valence-electron chi connectivity index (χ3n) is 4.81. The zero-order valence-electron chi connectivity index (χ0n) is 16.1. The molecule has 1 aromatic heterocycles. The normalized spacial score (nSPS) is 18.0. The smallest absolute Gasteiger partial charge is 0.243 e. The summed E-state index contributed by atoms with van der Waals surface area (Å²) >= 11 is 0. The first-order valence-electron chi connectivity index (χ1n) is 9.21. The fraction of sp³-hybridized carbons (Fsp3) is 0.765. The van der Waals surface area contributed by atoms with Crippen molar-refractivity contribution < 1.29 is 14.1 Å². The molecule has 0 aromatic carbocycles. The molecule has 2 amide bonds. The average Bonchev–Trinajstić information content (AvgIpc) is 3.13. The first-order valence-corrected chi connectivity index (χ1v) is 9.21. The van der Waals surface area contributed by atoms with Crippen LogP contribution in [-0.4, -0.2) is 70.5 Å². The van der Waals surface area contributed by atoms with Crippen molar-refractivity contribution in [1.29, 1.82) is 0 Å². The summed E-state index contributed by atoms with van der Waals surface area (Å²) in [7, 11) is 0. The lowest BCUT2D eigenvalue weighted by Gasteiger charge is -2.36. The number of nitrogens with two attached hydrogens (primary N) is 1. The lowest BCUT2D eigenvalue weighted by atomic mass is 10.1. The van der Waals surface area contributed by atoms with Crippen molar-refractivity contribution in [2.24, 2.45) is 11.7 Å². The molecular weight excluding hydrogens is 336 g/mol. The molecule has 9 nitrogen and oxygen atoms in total. The van der Waals surface area contributed by atoms with Gasteiger partial charge in [0.15, 0.2) is 5.82 Å². The predicted molar refractivity (Wildman–Crippen MR) is 96.1 cm³/mol. The largest absolute Gasteiger partial charge is 0.346 e. The number of carbonyl (C=O) groups excluding carboxylic acids is 2. The molecule has 0 saturated carbocycles. The van der Waals surface area contributed by atoms with Gasteiger partial charge in [-0.15, -0.1) is 0 Å². The van der Waals surface area contributed by atoms with E-state index in [4.69, 9.17) is 10.3 Å². The zero-order chi connectivity index (χ0) is 19.3. The Morgan fingerprint density at radius 2 is 1.88 bits per heavy atom. The summed E-state index contributed by atoms with van der Waals surface area (Å²) in [5.41, 5.74) is 5.78. The van der Waals surface area contributed by atoms with Gasteiger partial charge in [0.05, 0.1) is 18.6 Å². The van der Waals surface area contributed by atoms with E-state index in [1.54, 1.807) is 4.90 Å². The predicted octanol–water partition coefficient (Wildman–Crippen LogP) is -0.0633. The van der Waals surface area contributed by atoms with E-state index in [-0.39, 0.29) is 30.3 Å². The molecule has 146 valence electrons. The van der Waals surface area contributed by atoms with E-state index in [2.05, 4.69) is 20.4 Å². The summed E-state index contributed by atoms with van der Waals surface area (Å²) in [6.07, 6.45) is 0.741. The van der Waals surface area contributed by atoms with Crippen LogP contribution in [0, 0.1) is 5.92 Å². The number of amides is 2. The van der Waals surface area contributed by atoms with Crippen LogP contribution in [0.5, 0.6) is 0 Å². The summed E-state index contributed by atoms with van der Waals surface area (Å²) in [6, 6.07) is -0.577. The molecule has 0 spiro atoms. The summed E-state index contributed by atoms with van der Waals surface area (Å²) in [4.78, 5) is 32.5. The Morgan fingerprint density at radius 3 is 2.42 bits per heavy atom. The minimum Gasteiger partial charge on any atom is -0.346 e. The van der Waals surface area contributed by atoms with Gasteiger partial charge < -0.3 is 20.5 Å². The van der Waals surface area contributed by atoms with Gasteiger partial charge >= 0.3 is 0 Å². The van der Waals surface area contributed by atoms with Crippen LogP contribution in [0.25, 0.3) is 0 Å². The van der Waals surface area contributed by atoms with Crippen LogP contribution >= 0.6 is 0 Å². The van der Waals surface area contributed by atoms with Gasteiger partial charge in [-0.3, -0.25) is 14.5 Å². The highest BCUT2D eigenvalue weighted by Gasteiger charge is 2.28. The second kappa shape index (κ2) is 9.09. The Bertz CT molecular complexity index is 609. The molecule has 0 radical (unpaired) electrons. The first-order chi connectivity index (χ1) is 12.3. The Balaban J connectivity index is 1.78. The Kier molecular flexibility index (Phi) is 7.10. The summed E-state index contributed by atoms with van der Waals surface area (Å²) in [6.45, 7) is 10.4. The van der Waals surface area contributed by atoms with Crippen LogP contribution in [0.4, 0.5) is 0 Å². The van der Waals surface area contributed by atoms with E-state index < -0.39 is 6.04 Å². The molecule has 1 fully saturated rings. The van der Waals surface area contributed by atoms with Gasteiger partial charge in [-0.25, -0.2) is 0 Å². The topological polar surface area (TPSA) is 118 Å². The minimum absolute atomic E-state index is 0.0155. The highest BCUT2D eigenvalue weighted by molar-refractivity contribution is 5.87. The van der Waals surface area contributed by atoms with Crippen molar-refractivity contribution in [3.05, 3.63) is 11.7 Å². The number of aromatic nitrogens is 2. The van der Waals surface area contributed by atoms with E-state index in [0.29, 0.717) is 24.8 Å². The summed E-state index contributed by atoms with van der Waals surface area (Å²) < 4.78 is 5.31. The van der Waals surface area contributed by atoms with Crippen LogP contribution < -0.4 is 11.1 Å². The van der Waals surface area contributed by atoms with Crippen molar-refractivity contribution >= 4 is 11.8 Å². The number of hydrogen-bond acceptors (Lipinski definition) is 7. The molecular formula is C17H30N6O3. The Hall–Kier alpha value is -2.00. The van der Waals surface area contributed by atoms with E-state index in [1.165, 1.54) is 0 Å². The molecule has 1 saturated heterocycles. The fourth-order valence-electron chi connectivity index (χ4n) is 2.79. The second-order valence-corrected chi connectivity index (χ2v) is 6.98. The van der Waals surface area contributed by atoms with E-state index in [0.717, 1.165) is 19.5 Å². The monoisotopic (exact) mass is 366 g/mol. The average molecular weight is 366 g/mol. The number of piperazine rings is 1. The number of nitrogens with one attached hydrogen (secondary N) is 1. The number of rotatable bonds is 7. The standard InChI is InChI=1S/C17H30N6O3/c1-5-13-20-17(26-21-13)12(4)22-6-8-23(9-7-22)14(24)10-19-16(25)15(18)11(2)3/h11-12,15H,5-10,18H2,1-4H3,(H,19,25)/t12?,15-/m0/s1. The summed E-state index contributed by atoms with van der Waals surface area (Å²) in [5, 5.41) is 6.56. The number of aryl methyl sites for hydroxylation is 1. The quantitative estimate of drug-likeness (QED) is 0.694. The lowest BCUT2D eigenvalue weighted by molar-refractivity contribution is -0.135. The highest BCUT2D eigenvalue weighted by Crippen LogP contribution is 2.20. The number of hydrogen-bond donors (Lipinski definition) is 2. The van der Waals surface area contributed by atoms with Crippen molar-refractivity contribution in [2.75, 3.05) is 32.7 Å². The van der Waals surface area contributed by atoms with Gasteiger partial charge in [0.25, 0.3) is 0 Å². The molecule has 1 aliphatic heterocycles. The first kappa shape index (κ1) is 20.3. The molecule has 3 N–H and O–H groups in total. The lowest BCUT2D eigenvalue weighted by Crippen LogP contribution is -2.53.